The van der Waals surface area contributed by atoms with Crippen LogP contribution in [0.3, 0.4) is 0 Å². The van der Waals surface area contributed by atoms with Crippen LogP contribution in [0.15, 0.2) is 28.9 Å². The van der Waals surface area contributed by atoms with Crippen LogP contribution in [0.25, 0.3) is 10.9 Å². The molecule has 0 unspecified atom stereocenters. The second-order valence-corrected chi connectivity index (χ2v) is 8.29. The number of nitrogens with one attached hydrogen (secondary N) is 2. The predicted molar refractivity (Wildman–Crippen MR) is 109 cm³/mol. The van der Waals surface area contributed by atoms with Crippen molar-refractivity contribution in [2.45, 2.75) is 51.6 Å². The molecule has 1 aliphatic carbocycles. The van der Waals surface area contributed by atoms with Gasteiger partial charge in [0.1, 0.15) is 0 Å². The molecule has 7 heteroatoms. The third-order valence-corrected chi connectivity index (χ3v) is 5.52. The molecule has 27 heavy (non-hydrogen) atoms. The van der Waals surface area contributed by atoms with Crippen molar-refractivity contribution in [3.05, 3.63) is 34.4 Å². The zero-order valence-electron chi connectivity index (χ0n) is 15.5. The van der Waals surface area contributed by atoms with Crippen LogP contribution in [-0.2, 0) is 0 Å². The van der Waals surface area contributed by atoms with Crippen LogP contribution in [0.2, 0.25) is 0 Å². The van der Waals surface area contributed by atoms with E-state index in [2.05, 4.69) is 31.5 Å². The third kappa shape index (κ3) is 4.58. The Kier molecular flexibility index (Phi) is 5.99. The third-order valence-electron chi connectivity index (χ3n) is 5.02. The highest BCUT2D eigenvalue weighted by atomic mass is 79.9. The molecule has 6 nitrogen and oxygen atoms in total. The molecule has 1 amide bonds. The highest BCUT2D eigenvalue weighted by Gasteiger charge is 2.25. The van der Waals surface area contributed by atoms with Crippen LogP contribution >= 0.6 is 15.9 Å². The Balaban J connectivity index is 1.90. The number of aromatic nitrogens is 1. The zero-order chi connectivity index (χ0) is 19.6. The largest absolute Gasteiger partial charge is 0.465 e. The molecule has 1 saturated carbocycles. The van der Waals surface area contributed by atoms with Gasteiger partial charge in [-0.15, -0.1) is 0 Å². The lowest BCUT2D eigenvalue weighted by Crippen LogP contribution is -2.39. The molecule has 0 bridgehead atoms. The fourth-order valence-electron chi connectivity index (χ4n) is 3.58. The van der Waals surface area contributed by atoms with E-state index >= 15 is 0 Å². The van der Waals surface area contributed by atoms with Gasteiger partial charge in [-0.1, -0.05) is 29.8 Å². The highest BCUT2D eigenvalue weighted by molar-refractivity contribution is 9.10. The minimum absolute atomic E-state index is 0.000597. The number of hydrogen-bond donors (Lipinski definition) is 3. The Morgan fingerprint density at radius 2 is 1.85 bits per heavy atom. The molecule has 1 aromatic heterocycles. The van der Waals surface area contributed by atoms with Gasteiger partial charge < -0.3 is 15.7 Å². The average molecular weight is 434 g/mol. The van der Waals surface area contributed by atoms with Gasteiger partial charge in [-0.3, -0.25) is 9.78 Å². The van der Waals surface area contributed by atoms with Crippen molar-refractivity contribution in [1.82, 2.24) is 10.3 Å². The maximum Gasteiger partial charge on any atom is 0.404 e. The van der Waals surface area contributed by atoms with Gasteiger partial charge in [0.25, 0.3) is 0 Å². The van der Waals surface area contributed by atoms with Crippen molar-refractivity contribution in [1.29, 1.82) is 0 Å². The van der Waals surface area contributed by atoms with Gasteiger partial charge in [-0.2, -0.15) is 0 Å². The fourth-order valence-corrected chi connectivity index (χ4v) is 3.94. The number of anilines is 1. The Hall–Kier alpha value is -2.15. The van der Waals surface area contributed by atoms with Crippen LogP contribution in [-0.4, -0.2) is 34.1 Å². The van der Waals surface area contributed by atoms with E-state index in [1.165, 1.54) is 0 Å². The number of carbonyl (C=O) groups excluding carboxylic acids is 1. The first kappa shape index (κ1) is 19.6. The van der Waals surface area contributed by atoms with Crippen molar-refractivity contribution in [3.8, 4) is 0 Å². The molecule has 0 spiro atoms. The molecule has 3 N–H and O–H groups in total. The summed E-state index contributed by atoms with van der Waals surface area (Å²) in [6.45, 7) is 3.78. The number of halogens is 1. The van der Waals surface area contributed by atoms with E-state index < -0.39 is 6.09 Å². The first-order valence-electron chi connectivity index (χ1n) is 9.23. The van der Waals surface area contributed by atoms with Crippen LogP contribution < -0.4 is 10.6 Å². The van der Waals surface area contributed by atoms with Gasteiger partial charge in [0.05, 0.1) is 16.8 Å². The molecule has 1 heterocycles. The van der Waals surface area contributed by atoms with E-state index in [1.807, 2.05) is 32.0 Å². The summed E-state index contributed by atoms with van der Waals surface area (Å²) in [6, 6.07) is 6.05. The van der Waals surface area contributed by atoms with Gasteiger partial charge in [0.2, 0.25) is 0 Å². The number of rotatable bonds is 5. The molecule has 1 aliphatic rings. The maximum absolute atomic E-state index is 12.7. The van der Waals surface area contributed by atoms with Crippen molar-refractivity contribution in [2.24, 2.45) is 5.92 Å². The standard InChI is InChI=1S/C20H24BrN3O3/c1-11(2)19(25)16-10-22-17-8-3-12(21)9-15(17)18(16)23-13-4-6-14(7-5-13)24-20(26)27/h3,8-11,13-14,24H,4-7H2,1-2H3,(H,22,23)(H,26,27)/t13-,14-. The number of ketones is 1. The summed E-state index contributed by atoms with van der Waals surface area (Å²) in [4.78, 5) is 28.0. The van der Waals surface area contributed by atoms with Crippen LogP contribution in [0.5, 0.6) is 0 Å². The minimum Gasteiger partial charge on any atom is -0.465 e. The summed E-state index contributed by atoms with van der Waals surface area (Å²) in [7, 11) is 0. The average Bonchev–Trinajstić information content (AvgIpc) is 2.62. The van der Waals surface area contributed by atoms with E-state index in [0.29, 0.717) is 5.56 Å². The number of carboxylic acid groups (broad SMARTS) is 1. The molecular formula is C20H24BrN3O3. The topological polar surface area (TPSA) is 91.3 Å². The molecule has 0 atom stereocenters. The SMILES string of the molecule is CC(C)C(=O)c1cnc2ccc(Br)cc2c1N[C@H]1CC[C@H](NC(=O)O)CC1. The zero-order valence-corrected chi connectivity index (χ0v) is 17.0. The predicted octanol–water partition coefficient (Wildman–Crippen LogP) is 4.83. The Bertz CT molecular complexity index is 861. The molecule has 1 aromatic carbocycles. The molecular weight excluding hydrogens is 410 g/mol. The molecule has 3 rings (SSSR count). The summed E-state index contributed by atoms with van der Waals surface area (Å²) in [6.07, 6.45) is 3.95. The summed E-state index contributed by atoms with van der Waals surface area (Å²) in [5, 5.41) is 15.9. The normalized spacial score (nSPS) is 19.9. The maximum atomic E-state index is 12.7. The molecule has 0 aliphatic heterocycles. The second-order valence-electron chi connectivity index (χ2n) is 7.37. The molecule has 144 valence electrons. The van der Waals surface area contributed by atoms with E-state index in [1.54, 1.807) is 6.20 Å². The first-order valence-corrected chi connectivity index (χ1v) is 10.0. The number of hydrogen-bond acceptors (Lipinski definition) is 4. The molecule has 0 saturated heterocycles. The number of benzene rings is 1. The Morgan fingerprint density at radius 1 is 1.19 bits per heavy atom. The van der Waals surface area contributed by atoms with Gasteiger partial charge >= 0.3 is 6.09 Å². The summed E-state index contributed by atoms with van der Waals surface area (Å²) < 4.78 is 0.934. The first-order chi connectivity index (χ1) is 12.8. The summed E-state index contributed by atoms with van der Waals surface area (Å²) in [5.74, 6) is -0.0550. The lowest BCUT2D eigenvalue weighted by atomic mass is 9.90. The van der Waals surface area contributed by atoms with Crippen LogP contribution in [0, 0.1) is 5.92 Å². The lowest BCUT2D eigenvalue weighted by Gasteiger charge is -2.30. The number of nitrogens with zero attached hydrogens (tertiary/aromatic N) is 1. The van der Waals surface area contributed by atoms with Crippen molar-refractivity contribution in [2.75, 3.05) is 5.32 Å². The fraction of sp³-hybridized carbons (Fsp3) is 0.450. The van der Waals surface area contributed by atoms with Gasteiger partial charge in [0.15, 0.2) is 5.78 Å². The van der Waals surface area contributed by atoms with Gasteiger partial charge in [-0.05, 0) is 43.9 Å². The Morgan fingerprint density at radius 3 is 2.48 bits per heavy atom. The van der Waals surface area contributed by atoms with E-state index in [9.17, 15) is 9.59 Å². The second kappa shape index (κ2) is 8.25. The van der Waals surface area contributed by atoms with Crippen LogP contribution in [0.1, 0.15) is 49.9 Å². The van der Waals surface area contributed by atoms with E-state index in [0.717, 1.165) is 46.7 Å². The molecule has 0 radical (unpaired) electrons. The number of amides is 1. The number of carbonyl (C=O) groups is 2. The Labute approximate surface area is 166 Å². The number of Topliss-reactive ketones (excluding diaryl/α,β-unsaturated/α-hetero) is 1. The number of pyridine rings is 1. The van der Waals surface area contributed by atoms with Crippen molar-refractivity contribution >= 4 is 44.4 Å². The monoisotopic (exact) mass is 433 g/mol. The minimum atomic E-state index is -0.971. The van der Waals surface area contributed by atoms with Crippen molar-refractivity contribution in [3.63, 3.8) is 0 Å². The van der Waals surface area contributed by atoms with E-state index in [4.69, 9.17) is 5.11 Å². The molecule has 1 fully saturated rings. The highest BCUT2D eigenvalue weighted by Crippen LogP contribution is 2.32. The smallest absolute Gasteiger partial charge is 0.404 e. The van der Waals surface area contributed by atoms with Crippen molar-refractivity contribution < 1.29 is 14.7 Å². The summed E-state index contributed by atoms with van der Waals surface area (Å²) in [5.41, 5.74) is 2.28. The summed E-state index contributed by atoms with van der Waals surface area (Å²) >= 11 is 3.51. The quantitative estimate of drug-likeness (QED) is 0.587. The molecule has 2 aromatic rings. The van der Waals surface area contributed by atoms with Crippen LogP contribution in [0.4, 0.5) is 10.5 Å². The van der Waals surface area contributed by atoms with E-state index in [-0.39, 0.29) is 23.8 Å². The number of fused-ring (bicyclic) bond motifs is 1. The van der Waals surface area contributed by atoms with Gasteiger partial charge in [0, 0.05) is 34.1 Å². The van der Waals surface area contributed by atoms with Gasteiger partial charge in [-0.25, -0.2) is 4.79 Å². The lowest BCUT2D eigenvalue weighted by molar-refractivity contribution is 0.0940.